The van der Waals surface area contributed by atoms with Crippen LogP contribution in [-0.4, -0.2) is 4.57 Å². The molecule has 2 atom stereocenters. The lowest BCUT2D eigenvalue weighted by atomic mass is 10.0. The Kier molecular flexibility index (Phi) is 7.87. The van der Waals surface area contributed by atoms with Gasteiger partial charge in [-0.3, -0.25) is 0 Å². The van der Waals surface area contributed by atoms with Gasteiger partial charge in [0.15, 0.2) is 0 Å². The molecule has 8 heteroatoms. The molecular weight excluding hydrogens is 783 g/mol. The molecule has 0 N–H and O–H groups in total. The molecule has 0 saturated carbocycles. The molecule has 0 bridgehead atoms. The number of anilines is 3. The van der Waals surface area contributed by atoms with Crippen LogP contribution in [0.3, 0.4) is 0 Å². The minimum Gasteiger partial charge on any atom is -0.309 e. The molecule has 4 nitrogen and oxygen atoms in total. The van der Waals surface area contributed by atoms with Crippen molar-refractivity contribution in [3.05, 3.63) is 193 Å². The number of benzene rings is 8. The van der Waals surface area contributed by atoms with Crippen molar-refractivity contribution >= 4 is 106 Å². The van der Waals surface area contributed by atoms with E-state index in [1.54, 1.807) is 0 Å². The zero-order chi connectivity index (χ0) is 39.2. The molecule has 2 aliphatic rings. The van der Waals surface area contributed by atoms with E-state index in [2.05, 4.69) is 155 Å². The molecule has 9 aromatic rings. The number of fused-ring (bicyclic) bond motifs is 7. The molecular formula is C50H30N4P2S2. The van der Waals surface area contributed by atoms with Gasteiger partial charge in [-0.05, 0) is 94.5 Å². The Morgan fingerprint density at radius 2 is 0.879 bits per heavy atom. The third kappa shape index (κ3) is 4.85. The number of nitrogens with zero attached hydrogens (tertiary/aromatic N) is 4. The van der Waals surface area contributed by atoms with E-state index < -0.39 is 12.1 Å². The van der Waals surface area contributed by atoms with E-state index in [-0.39, 0.29) is 0 Å². The molecule has 3 heterocycles. The average Bonchev–Trinajstić information content (AvgIpc) is 3.63. The summed E-state index contributed by atoms with van der Waals surface area (Å²) in [6.07, 6.45) is 0. The van der Waals surface area contributed by atoms with Gasteiger partial charge in [0.05, 0.1) is 51.4 Å². The highest BCUT2D eigenvalue weighted by Crippen LogP contribution is 2.61. The quantitative estimate of drug-likeness (QED) is 0.166. The summed E-state index contributed by atoms with van der Waals surface area (Å²) in [4.78, 5) is 2.31. The number of hydrogen-bond donors (Lipinski definition) is 0. The van der Waals surface area contributed by atoms with Crippen molar-refractivity contribution in [1.82, 2.24) is 4.57 Å². The third-order valence-corrected chi connectivity index (χ3v) is 21.4. The topological polar surface area (TPSA) is 55.8 Å². The minimum atomic E-state index is -2.80. The van der Waals surface area contributed by atoms with Gasteiger partial charge in [0.25, 0.3) is 0 Å². The van der Waals surface area contributed by atoms with Crippen LogP contribution in [0.4, 0.5) is 17.1 Å². The maximum absolute atomic E-state index is 10.2. The van der Waals surface area contributed by atoms with Gasteiger partial charge >= 0.3 is 0 Å². The fraction of sp³-hybridized carbons (Fsp3) is 0. The summed E-state index contributed by atoms with van der Waals surface area (Å²) in [6, 6.07) is 62.4. The summed E-state index contributed by atoms with van der Waals surface area (Å²) >= 11 is 14.3. The van der Waals surface area contributed by atoms with Crippen LogP contribution < -0.4 is 36.7 Å². The van der Waals surface area contributed by atoms with Gasteiger partial charge in [-0.1, -0.05) is 133 Å². The first-order valence-corrected chi connectivity index (χ1v) is 24.5. The third-order valence-electron chi connectivity index (χ3n) is 11.6. The fourth-order valence-corrected chi connectivity index (χ4v) is 17.7. The van der Waals surface area contributed by atoms with Crippen LogP contribution in [0.25, 0.3) is 38.6 Å². The van der Waals surface area contributed by atoms with Crippen molar-refractivity contribution in [3.8, 4) is 29.0 Å². The second kappa shape index (κ2) is 13.1. The summed E-state index contributed by atoms with van der Waals surface area (Å²) in [7, 11) is 0. The SMILES string of the molecule is N#Cc1ccc2c(c1)P(=S)(c1ccccc1)c1cc(-c3ccc(-n4c5ccccc5c5ccccc54)cc3)cc3c1N2c1ccc(C#N)cc1P3(=S)c1ccccc1. The van der Waals surface area contributed by atoms with E-state index in [4.69, 9.17) is 23.6 Å². The maximum atomic E-state index is 10.2. The normalized spacial score (nSPS) is 17.5. The van der Waals surface area contributed by atoms with Gasteiger partial charge < -0.3 is 9.47 Å². The number of para-hydroxylation sites is 2. The first kappa shape index (κ1) is 34.9. The molecule has 11 rings (SSSR count). The standard InChI is InChI=1S/C50H30N4P2S2/c51-31-33-19-25-44-46(27-33)55(57,38-11-3-1-4-12-38)48-29-36(35-21-23-37(24-22-35)53-42-17-9-7-15-40(42)41-16-8-10-18-43(41)53)30-49-50(48)54(44)45-26-20-34(32-52)28-47(45)56(49,58)39-13-5-2-6-14-39/h1-30H. The molecule has 8 aromatic carbocycles. The fourth-order valence-electron chi connectivity index (χ4n) is 9.01. The van der Waals surface area contributed by atoms with Crippen molar-refractivity contribution in [3.63, 3.8) is 0 Å². The highest BCUT2D eigenvalue weighted by molar-refractivity contribution is 8.27. The van der Waals surface area contributed by atoms with Crippen LogP contribution in [0.2, 0.25) is 0 Å². The van der Waals surface area contributed by atoms with Crippen molar-refractivity contribution in [1.29, 1.82) is 10.5 Å². The van der Waals surface area contributed by atoms with Crippen molar-refractivity contribution in [2.24, 2.45) is 0 Å². The highest BCUT2D eigenvalue weighted by atomic mass is 32.4. The molecule has 0 radical (unpaired) electrons. The minimum absolute atomic E-state index is 0.566. The molecule has 2 aliphatic heterocycles. The second-order valence-corrected chi connectivity index (χ2v) is 23.3. The van der Waals surface area contributed by atoms with Crippen LogP contribution in [0.5, 0.6) is 0 Å². The Labute approximate surface area is 346 Å². The number of rotatable bonds is 4. The van der Waals surface area contributed by atoms with Crippen LogP contribution >= 0.6 is 12.1 Å². The molecule has 0 spiro atoms. The van der Waals surface area contributed by atoms with E-state index in [1.165, 1.54) is 10.8 Å². The molecule has 1 aromatic heterocycles. The Hall–Kier alpha value is -6.36. The maximum Gasteiger partial charge on any atom is 0.0991 e. The zero-order valence-electron chi connectivity index (χ0n) is 30.8. The monoisotopic (exact) mass is 812 g/mol. The molecule has 0 saturated heterocycles. The number of aromatic nitrogens is 1. The average molecular weight is 813 g/mol. The van der Waals surface area contributed by atoms with Crippen molar-refractivity contribution in [2.45, 2.75) is 0 Å². The molecule has 0 amide bonds. The lowest BCUT2D eigenvalue weighted by Crippen LogP contribution is -2.46. The van der Waals surface area contributed by atoms with E-state index in [9.17, 15) is 10.5 Å². The highest BCUT2D eigenvalue weighted by Gasteiger charge is 2.46. The predicted octanol–water partition coefficient (Wildman–Crippen LogP) is 9.80. The summed E-state index contributed by atoms with van der Waals surface area (Å²) in [5, 5.41) is 29.1. The van der Waals surface area contributed by atoms with Crippen molar-refractivity contribution in [2.75, 3.05) is 4.90 Å². The van der Waals surface area contributed by atoms with Gasteiger partial charge in [0, 0.05) is 49.8 Å². The Balaban J connectivity index is 1.23. The zero-order valence-corrected chi connectivity index (χ0v) is 34.2. The smallest absolute Gasteiger partial charge is 0.0991 e. The number of nitriles is 2. The molecule has 2 unspecified atom stereocenters. The van der Waals surface area contributed by atoms with Gasteiger partial charge in [0.2, 0.25) is 0 Å². The lowest BCUT2D eigenvalue weighted by Gasteiger charge is -2.47. The Morgan fingerprint density at radius 3 is 1.34 bits per heavy atom. The van der Waals surface area contributed by atoms with E-state index >= 15 is 0 Å². The Bertz CT molecular complexity index is 3180. The second-order valence-electron chi connectivity index (χ2n) is 14.6. The van der Waals surface area contributed by atoms with Gasteiger partial charge in [-0.2, -0.15) is 10.5 Å². The van der Waals surface area contributed by atoms with Crippen LogP contribution in [-0.2, 0) is 23.6 Å². The largest absolute Gasteiger partial charge is 0.309 e. The van der Waals surface area contributed by atoms with Gasteiger partial charge in [-0.25, -0.2) is 0 Å². The first-order valence-electron chi connectivity index (χ1n) is 18.9. The summed E-state index contributed by atoms with van der Waals surface area (Å²) in [5.74, 6) is 0. The van der Waals surface area contributed by atoms with E-state index in [0.29, 0.717) is 11.1 Å². The number of hydrogen-bond acceptors (Lipinski definition) is 5. The van der Waals surface area contributed by atoms with Gasteiger partial charge in [-0.15, -0.1) is 0 Å². The molecule has 272 valence electrons. The van der Waals surface area contributed by atoms with Crippen molar-refractivity contribution < 1.29 is 0 Å². The van der Waals surface area contributed by atoms with E-state index in [1.807, 2.05) is 48.5 Å². The summed E-state index contributed by atoms with van der Waals surface area (Å²) in [5.41, 5.74) is 9.52. The molecule has 0 aliphatic carbocycles. The molecule has 58 heavy (non-hydrogen) atoms. The lowest BCUT2D eigenvalue weighted by molar-refractivity contribution is 1.18. The molecule has 0 fully saturated rings. The first-order chi connectivity index (χ1) is 28.4. The summed E-state index contributed by atoms with van der Waals surface area (Å²) in [6.45, 7) is 0. The van der Waals surface area contributed by atoms with Gasteiger partial charge in [0.1, 0.15) is 0 Å². The van der Waals surface area contributed by atoms with Crippen LogP contribution in [0.1, 0.15) is 11.1 Å². The van der Waals surface area contributed by atoms with Crippen LogP contribution in [0, 0.1) is 22.7 Å². The van der Waals surface area contributed by atoms with Crippen LogP contribution in [0.15, 0.2) is 182 Å². The van der Waals surface area contributed by atoms with E-state index in [0.717, 1.165) is 76.7 Å². The Morgan fingerprint density at radius 1 is 0.431 bits per heavy atom. The summed E-state index contributed by atoms with van der Waals surface area (Å²) < 4.78 is 2.33. The predicted molar refractivity (Wildman–Crippen MR) is 250 cm³/mol.